The Labute approximate surface area is 210 Å². The lowest BCUT2D eigenvalue weighted by Gasteiger charge is -2.26. The molecule has 1 aliphatic heterocycles. The first kappa shape index (κ1) is 25.0. The molecule has 4 rings (SSSR count). The molecule has 186 valence electrons. The average molecular weight is 488 g/mol. The van der Waals surface area contributed by atoms with Crippen LogP contribution in [-0.2, 0) is 20.9 Å². The third kappa shape index (κ3) is 5.26. The van der Waals surface area contributed by atoms with Gasteiger partial charge in [0, 0.05) is 19.2 Å². The summed E-state index contributed by atoms with van der Waals surface area (Å²) in [6.07, 6.45) is 0. The van der Waals surface area contributed by atoms with E-state index in [1.54, 1.807) is 42.5 Å². The van der Waals surface area contributed by atoms with Gasteiger partial charge in [0.15, 0.2) is 11.5 Å². The Morgan fingerprint density at radius 2 is 1.61 bits per heavy atom. The van der Waals surface area contributed by atoms with Crippen LogP contribution in [0.3, 0.4) is 0 Å². The zero-order chi connectivity index (χ0) is 25.5. The molecule has 3 aromatic carbocycles. The molecule has 1 heterocycles. The third-order valence-electron chi connectivity index (χ3n) is 5.94. The summed E-state index contributed by atoms with van der Waals surface area (Å²) in [5, 5.41) is 11.1. The Balaban J connectivity index is 1.75. The number of benzene rings is 3. The minimum absolute atomic E-state index is 0.0303. The molecule has 1 fully saturated rings. The second kappa shape index (κ2) is 11.6. The number of nitrogens with zero attached hydrogens (tertiary/aromatic N) is 1. The van der Waals surface area contributed by atoms with E-state index in [9.17, 15) is 14.7 Å². The molecule has 7 nitrogen and oxygen atoms in total. The fourth-order valence-corrected chi connectivity index (χ4v) is 4.22. The Morgan fingerprint density at radius 3 is 2.28 bits per heavy atom. The van der Waals surface area contributed by atoms with Crippen LogP contribution in [0.15, 0.2) is 84.4 Å². The van der Waals surface area contributed by atoms with Crippen LogP contribution in [0.5, 0.6) is 11.5 Å². The van der Waals surface area contributed by atoms with Gasteiger partial charge in [-0.1, -0.05) is 66.7 Å². The molecule has 0 bridgehead atoms. The molecule has 3 aromatic rings. The van der Waals surface area contributed by atoms with Crippen LogP contribution in [0, 0.1) is 0 Å². The highest BCUT2D eigenvalue weighted by Crippen LogP contribution is 2.42. The van der Waals surface area contributed by atoms with Crippen LogP contribution < -0.4 is 9.47 Å². The van der Waals surface area contributed by atoms with Crippen LogP contribution in [0.2, 0.25) is 0 Å². The zero-order valence-electron chi connectivity index (χ0n) is 20.3. The maximum Gasteiger partial charge on any atom is 0.295 e. The lowest BCUT2D eigenvalue weighted by molar-refractivity contribution is -0.140. The van der Waals surface area contributed by atoms with Crippen LogP contribution in [-0.4, -0.2) is 48.6 Å². The number of amides is 1. The number of carbonyl (C=O) groups is 2. The number of methoxy groups -OCH3 is 1. The van der Waals surface area contributed by atoms with Gasteiger partial charge in [-0.3, -0.25) is 9.59 Å². The average Bonchev–Trinajstić information content (AvgIpc) is 3.17. The topological polar surface area (TPSA) is 85.3 Å². The second-order valence-corrected chi connectivity index (χ2v) is 8.26. The molecule has 36 heavy (non-hydrogen) atoms. The van der Waals surface area contributed by atoms with Crippen molar-refractivity contribution in [2.45, 2.75) is 19.6 Å². The Hall–Kier alpha value is -4.10. The predicted molar refractivity (Wildman–Crippen MR) is 136 cm³/mol. The van der Waals surface area contributed by atoms with E-state index >= 15 is 0 Å². The number of Topliss-reactive ketones (excluding diaryl/α,β-unsaturated/α-hetero) is 1. The van der Waals surface area contributed by atoms with Gasteiger partial charge in [-0.05, 0) is 30.2 Å². The van der Waals surface area contributed by atoms with Crippen molar-refractivity contribution in [2.75, 3.05) is 26.9 Å². The van der Waals surface area contributed by atoms with Gasteiger partial charge in [-0.15, -0.1) is 0 Å². The van der Waals surface area contributed by atoms with Crippen molar-refractivity contribution < 1.29 is 28.9 Å². The highest BCUT2D eigenvalue weighted by atomic mass is 16.5. The molecule has 7 heteroatoms. The van der Waals surface area contributed by atoms with E-state index in [0.29, 0.717) is 35.8 Å². The van der Waals surface area contributed by atoms with E-state index in [1.807, 2.05) is 43.3 Å². The largest absolute Gasteiger partial charge is 0.507 e. The quantitative estimate of drug-likeness (QED) is 0.253. The summed E-state index contributed by atoms with van der Waals surface area (Å²) >= 11 is 0. The first-order valence-corrected chi connectivity index (χ1v) is 11.8. The summed E-state index contributed by atoms with van der Waals surface area (Å²) < 4.78 is 17.1. The molecule has 0 radical (unpaired) electrons. The van der Waals surface area contributed by atoms with E-state index in [2.05, 4.69) is 0 Å². The maximum atomic E-state index is 13.1. The van der Waals surface area contributed by atoms with Crippen LogP contribution in [0.4, 0.5) is 0 Å². The minimum atomic E-state index is -0.803. The molecule has 0 saturated carbocycles. The number of rotatable bonds is 10. The number of ketones is 1. The van der Waals surface area contributed by atoms with Crippen molar-refractivity contribution in [2.24, 2.45) is 0 Å². The van der Waals surface area contributed by atoms with Gasteiger partial charge < -0.3 is 24.2 Å². The van der Waals surface area contributed by atoms with E-state index in [1.165, 1.54) is 12.0 Å². The molecule has 1 unspecified atom stereocenters. The van der Waals surface area contributed by atoms with Gasteiger partial charge in [0.2, 0.25) is 0 Å². The summed E-state index contributed by atoms with van der Waals surface area (Å²) in [4.78, 5) is 27.5. The van der Waals surface area contributed by atoms with Crippen LogP contribution >= 0.6 is 0 Å². The molecule has 0 aromatic heterocycles. The summed E-state index contributed by atoms with van der Waals surface area (Å²) in [5.41, 5.74) is 2.13. The molecule has 0 spiro atoms. The monoisotopic (exact) mass is 487 g/mol. The molecule has 0 aliphatic carbocycles. The number of ether oxygens (including phenoxy) is 3. The molecule has 1 saturated heterocycles. The number of likely N-dealkylation sites (tertiary alicyclic amines) is 1. The van der Waals surface area contributed by atoms with E-state index < -0.39 is 17.7 Å². The molecule has 1 aliphatic rings. The first-order chi connectivity index (χ1) is 17.5. The Morgan fingerprint density at radius 1 is 0.917 bits per heavy atom. The standard InChI is InChI=1S/C29H29NO6/c1-3-35-24-18-22(14-15-23(24)36-19-20-10-6-4-7-11-20)26-25(27(31)21-12-8-5-9-13-21)28(32)29(33)30(26)16-17-34-2/h4-15,18,26,31H,3,16-17,19H2,1-2H3. The molecule has 1 atom stereocenters. The smallest absolute Gasteiger partial charge is 0.295 e. The number of aliphatic hydroxyl groups excluding tert-OH is 1. The number of carbonyl (C=O) groups excluding carboxylic acids is 2. The van der Waals surface area contributed by atoms with Gasteiger partial charge in [0.25, 0.3) is 11.7 Å². The van der Waals surface area contributed by atoms with Crippen molar-refractivity contribution in [3.05, 3.63) is 101 Å². The minimum Gasteiger partial charge on any atom is -0.507 e. The Bertz CT molecular complexity index is 1240. The summed E-state index contributed by atoms with van der Waals surface area (Å²) in [7, 11) is 1.53. The van der Waals surface area contributed by atoms with E-state index in [0.717, 1.165) is 5.56 Å². The summed E-state index contributed by atoms with van der Waals surface area (Å²) in [6.45, 7) is 3.06. The van der Waals surface area contributed by atoms with Crippen molar-refractivity contribution in [1.82, 2.24) is 4.90 Å². The third-order valence-corrected chi connectivity index (χ3v) is 5.94. The van der Waals surface area contributed by atoms with E-state index in [4.69, 9.17) is 14.2 Å². The second-order valence-electron chi connectivity index (χ2n) is 8.26. The van der Waals surface area contributed by atoms with Crippen molar-refractivity contribution in [3.8, 4) is 11.5 Å². The number of aliphatic hydroxyl groups is 1. The fraction of sp³-hybridized carbons (Fsp3) is 0.241. The van der Waals surface area contributed by atoms with Gasteiger partial charge >= 0.3 is 0 Å². The maximum absolute atomic E-state index is 13.1. The number of hydrogen-bond donors (Lipinski definition) is 1. The van der Waals surface area contributed by atoms with E-state index in [-0.39, 0.29) is 24.5 Å². The molecular weight excluding hydrogens is 458 g/mol. The van der Waals surface area contributed by atoms with Crippen LogP contribution in [0.1, 0.15) is 29.7 Å². The van der Waals surface area contributed by atoms with Crippen molar-refractivity contribution in [1.29, 1.82) is 0 Å². The SMILES string of the molecule is CCOc1cc(C2C(=C(O)c3ccccc3)C(=O)C(=O)N2CCOC)ccc1OCc1ccccc1. The Kier molecular flexibility index (Phi) is 8.02. The number of hydrogen-bond acceptors (Lipinski definition) is 6. The molecular formula is C29H29NO6. The van der Waals surface area contributed by atoms with Crippen molar-refractivity contribution >= 4 is 17.4 Å². The van der Waals surface area contributed by atoms with Crippen molar-refractivity contribution in [3.63, 3.8) is 0 Å². The van der Waals surface area contributed by atoms with Crippen LogP contribution in [0.25, 0.3) is 5.76 Å². The molecule has 1 N–H and O–H groups in total. The van der Waals surface area contributed by atoms with Gasteiger partial charge in [0.1, 0.15) is 12.4 Å². The summed E-state index contributed by atoms with van der Waals surface area (Å²) in [5.74, 6) is -0.609. The highest BCUT2D eigenvalue weighted by molar-refractivity contribution is 6.46. The first-order valence-electron chi connectivity index (χ1n) is 11.8. The van der Waals surface area contributed by atoms with Gasteiger partial charge in [0.05, 0.1) is 24.8 Å². The summed E-state index contributed by atoms with van der Waals surface area (Å²) in [6, 6.07) is 23.0. The lowest BCUT2D eigenvalue weighted by atomic mass is 9.95. The van der Waals surface area contributed by atoms with Gasteiger partial charge in [-0.2, -0.15) is 0 Å². The normalized spacial score (nSPS) is 16.8. The highest BCUT2D eigenvalue weighted by Gasteiger charge is 2.46. The lowest BCUT2D eigenvalue weighted by Crippen LogP contribution is -2.32. The molecule has 1 amide bonds. The fourth-order valence-electron chi connectivity index (χ4n) is 4.22. The predicted octanol–water partition coefficient (Wildman–Crippen LogP) is 4.73. The zero-order valence-corrected chi connectivity index (χ0v) is 20.3. The van der Waals surface area contributed by atoms with Gasteiger partial charge in [-0.25, -0.2) is 0 Å².